The second-order valence-electron chi connectivity index (χ2n) is 6.10. The highest BCUT2D eigenvalue weighted by Crippen LogP contribution is 2.36. The number of amides is 2. The summed E-state index contributed by atoms with van der Waals surface area (Å²) in [4.78, 5) is 30.7. The number of hydrogen-bond acceptors (Lipinski definition) is 4. The molecule has 0 spiro atoms. The van der Waals surface area contributed by atoms with Crippen molar-refractivity contribution in [1.29, 1.82) is 0 Å². The zero-order chi connectivity index (χ0) is 19.9. The van der Waals surface area contributed by atoms with E-state index in [4.69, 9.17) is 0 Å². The Hall–Kier alpha value is -3.20. The SMILES string of the molecule is O=C(Nc1cccc2c1C(=O)N(c1cccc(C(F)(F)F)c1)C2)c1cncs1. The van der Waals surface area contributed by atoms with E-state index in [1.54, 1.807) is 18.2 Å². The summed E-state index contributed by atoms with van der Waals surface area (Å²) in [6, 6.07) is 9.60. The van der Waals surface area contributed by atoms with Gasteiger partial charge in [0.15, 0.2) is 0 Å². The molecular weight excluding hydrogens is 391 g/mol. The van der Waals surface area contributed by atoms with Gasteiger partial charge in [-0.25, -0.2) is 0 Å². The molecule has 1 aliphatic rings. The van der Waals surface area contributed by atoms with Crippen LogP contribution in [0, 0.1) is 0 Å². The number of nitrogens with one attached hydrogen (secondary N) is 1. The number of carbonyl (C=O) groups is 2. The maximum atomic E-state index is 13.0. The van der Waals surface area contributed by atoms with Gasteiger partial charge in [0.05, 0.1) is 35.1 Å². The predicted molar refractivity (Wildman–Crippen MR) is 98.5 cm³/mol. The summed E-state index contributed by atoms with van der Waals surface area (Å²) in [7, 11) is 0. The summed E-state index contributed by atoms with van der Waals surface area (Å²) in [5.41, 5.74) is 2.06. The van der Waals surface area contributed by atoms with Crippen LogP contribution in [0.5, 0.6) is 0 Å². The third-order valence-electron chi connectivity index (χ3n) is 4.33. The van der Waals surface area contributed by atoms with E-state index < -0.39 is 23.6 Å². The maximum Gasteiger partial charge on any atom is 0.416 e. The lowest BCUT2D eigenvalue weighted by Gasteiger charge is -2.17. The minimum Gasteiger partial charge on any atom is -0.320 e. The summed E-state index contributed by atoms with van der Waals surface area (Å²) in [5, 5.41) is 2.69. The van der Waals surface area contributed by atoms with Crippen LogP contribution < -0.4 is 10.2 Å². The quantitative estimate of drug-likeness (QED) is 0.697. The van der Waals surface area contributed by atoms with Gasteiger partial charge in [0, 0.05) is 5.69 Å². The second-order valence-corrected chi connectivity index (χ2v) is 6.99. The van der Waals surface area contributed by atoms with Crippen molar-refractivity contribution in [3.63, 3.8) is 0 Å². The van der Waals surface area contributed by atoms with Crippen molar-refractivity contribution in [3.05, 3.63) is 75.7 Å². The number of thiazole rings is 1. The number of fused-ring (bicyclic) bond motifs is 1. The van der Waals surface area contributed by atoms with Crippen LogP contribution in [0.2, 0.25) is 0 Å². The van der Waals surface area contributed by atoms with Gasteiger partial charge in [-0.05, 0) is 29.8 Å². The van der Waals surface area contributed by atoms with E-state index in [-0.39, 0.29) is 17.8 Å². The van der Waals surface area contributed by atoms with Crippen LogP contribution in [-0.2, 0) is 12.7 Å². The molecule has 5 nitrogen and oxygen atoms in total. The molecule has 142 valence electrons. The van der Waals surface area contributed by atoms with Gasteiger partial charge in [0.25, 0.3) is 11.8 Å². The van der Waals surface area contributed by atoms with Gasteiger partial charge in [0.2, 0.25) is 0 Å². The highest BCUT2D eigenvalue weighted by molar-refractivity contribution is 7.11. The highest BCUT2D eigenvalue weighted by Gasteiger charge is 2.34. The van der Waals surface area contributed by atoms with Gasteiger partial charge >= 0.3 is 6.18 Å². The Morgan fingerprint density at radius 2 is 1.96 bits per heavy atom. The first-order valence-corrected chi connectivity index (χ1v) is 9.03. The van der Waals surface area contributed by atoms with Gasteiger partial charge in [-0.1, -0.05) is 18.2 Å². The molecule has 9 heteroatoms. The smallest absolute Gasteiger partial charge is 0.320 e. The molecule has 0 saturated carbocycles. The average Bonchev–Trinajstić information content (AvgIpc) is 3.30. The molecule has 0 fully saturated rings. The Labute approximate surface area is 161 Å². The molecule has 2 heterocycles. The summed E-state index contributed by atoms with van der Waals surface area (Å²) in [6.45, 7) is 0.125. The third kappa shape index (κ3) is 3.24. The molecule has 0 atom stereocenters. The van der Waals surface area contributed by atoms with Gasteiger partial charge in [0.1, 0.15) is 4.88 Å². The van der Waals surface area contributed by atoms with Crippen molar-refractivity contribution in [1.82, 2.24) is 4.98 Å². The fraction of sp³-hybridized carbons (Fsp3) is 0.105. The van der Waals surface area contributed by atoms with Crippen LogP contribution in [-0.4, -0.2) is 16.8 Å². The van der Waals surface area contributed by atoms with Crippen molar-refractivity contribution in [3.8, 4) is 0 Å². The van der Waals surface area contributed by atoms with E-state index in [1.807, 2.05) is 0 Å². The van der Waals surface area contributed by atoms with Gasteiger partial charge in [-0.3, -0.25) is 14.6 Å². The molecule has 0 saturated heterocycles. The number of nitrogens with zero attached hydrogens (tertiary/aromatic N) is 2. The number of aromatic nitrogens is 1. The number of halogens is 3. The van der Waals surface area contributed by atoms with Crippen LogP contribution in [0.1, 0.15) is 31.2 Å². The fourth-order valence-corrected chi connectivity index (χ4v) is 3.55. The molecular formula is C19H12F3N3O2S. The van der Waals surface area contributed by atoms with E-state index in [9.17, 15) is 22.8 Å². The minimum absolute atomic E-state index is 0.125. The molecule has 1 aromatic heterocycles. The molecule has 3 aromatic rings. The molecule has 1 N–H and O–H groups in total. The van der Waals surface area contributed by atoms with Gasteiger partial charge in [-0.15, -0.1) is 11.3 Å². The summed E-state index contributed by atoms with van der Waals surface area (Å²) >= 11 is 1.16. The molecule has 2 amide bonds. The Kier molecular flexibility index (Phi) is 4.38. The number of rotatable bonds is 3. The first-order valence-electron chi connectivity index (χ1n) is 8.15. The molecule has 0 bridgehead atoms. The Morgan fingerprint density at radius 1 is 1.18 bits per heavy atom. The summed E-state index contributed by atoms with van der Waals surface area (Å²) in [5.74, 6) is -0.865. The van der Waals surface area contributed by atoms with Crippen LogP contribution in [0.15, 0.2) is 54.2 Å². The van der Waals surface area contributed by atoms with Crippen molar-refractivity contribution in [2.45, 2.75) is 12.7 Å². The minimum atomic E-state index is -4.50. The molecule has 0 aliphatic carbocycles. The monoisotopic (exact) mass is 403 g/mol. The standard InChI is InChI=1S/C19H12F3N3O2S/c20-19(21,22)12-4-2-5-13(7-12)25-9-11-3-1-6-14(16(11)18(25)27)24-17(26)15-8-23-10-28-15/h1-8,10H,9H2,(H,24,26). The molecule has 4 rings (SSSR count). The number of anilines is 2. The number of hydrogen-bond donors (Lipinski definition) is 1. The molecule has 1 aliphatic heterocycles. The van der Waals surface area contributed by atoms with Crippen molar-refractivity contribution < 1.29 is 22.8 Å². The molecule has 0 radical (unpaired) electrons. The van der Waals surface area contributed by atoms with E-state index in [2.05, 4.69) is 10.3 Å². The van der Waals surface area contributed by atoms with Crippen molar-refractivity contribution in [2.75, 3.05) is 10.2 Å². The molecule has 2 aromatic carbocycles. The lowest BCUT2D eigenvalue weighted by molar-refractivity contribution is -0.137. The topological polar surface area (TPSA) is 62.3 Å². The second kappa shape index (κ2) is 6.75. The Morgan fingerprint density at radius 3 is 2.68 bits per heavy atom. The van der Waals surface area contributed by atoms with Crippen LogP contribution in [0.4, 0.5) is 24.5 Å². The lowest BCUT2D eigenvalue weighted by Crippen LogP contribution is -2.24. The van der Waals surface area contributed by atoms with E-state index in [1.165, 1.54) is 28.7 Å². The third-order valence-corrected chi connectivity index (χ3v) is 5.10. The van der Waals surface area contributed by atoms with E-state index in [0.29, 0.717) is 16.1 Å². The van der Waals surface area contributed by atoms with E-state index in [0.717, 1.165) is 23.5 Å². The van der Waals surface area contributed by atoms with E-state index >= 15 is 0 Å². The van der Waals surface area contributed by atoms with Crippen LogP contribution in [0.25, 0.3) is 0 Å². The number of benzene rings is 2. The summed E-state index contributed by atoms with van der Waals surface area (Å²) < 4.78 is 39.0. The lowest BCUT2D eigenvalue weighted by atomic mass is 10.1. The first-order chi connectivity index (χ1) is 13.3. The Bertz CT molecular complexity index is 1060. The maximum absolute atomic E-state index is 13.0. The van der Waals surface area contributed by atoms with Crippen LogP contribution in [0.3, 0.4) is 0 Å². The van der Waals surface area contributed by atoms with Crippen LogP contribution >= 0.6 is 11.3 Å². The number of alkyl halides is 3. The summed E-state index contributed by atoms with van der Waals surface area (Å²) in [6.07, 6.45) is -3.08. The molecule has 0 unspecified atom stereocenters. The normalized spacial score (nSPS) is 13.5. The largest absolute Gasteiger partial charge is 0.416 e. The van der Waals surface area contributed by atoms with Gasteiger partial charge in [-0.2, -0.15) is 13.2 Å². The molecule has 28 heavy (non-hydrogen) atoms. The van der Waals surface area contributed by atoms with Crippen molar-refractivity contribution >= 4 is 34.5 Å². The first kappa shape index (κ1) is 18.2. The fourth-order valence-electron chi connectivity index (χ4n) is 3.04. The number of carbonyl (C=O) groups excluding carboxylic acids is 2. The average molecular weight is 403 g/mol. The zero-order valence-electron chi connectivity index (χ0n) is 14.2. The highest BCUT2D eigenvalue weighted by atomic mass is 32.1. The van der Waals surface area contributed by atoms with Gasteiger partial charge < -0.3 is 10.2 Å². The zero-order valence-corrected chi connectivity index (χ0v) is 15.0. The Balaban J connectivity index is 1.65. The van der Waals surface area contributed by atoms with Crippen molar-refractivity contribution in [2.24, 2.45) is 0 Å². The predicted octanol–water partition coefficient (Wildman–Crippen LogP) is 4.57.